The third-order valence-electron chi connectivity index (χ3n) is 7.55. The predicted molar refractivity (Wildman–Crippen MR) is 141 cm³/mol. The molecular formula is C30H30N4O. The minimum atomic E-state index is -0.728. The Hall–Kier alpha value is -3.67. The third kappa shape index (κ3) is 3.59. The van der Waals surface area contributed by atoms with Crippen molar-refractivity contribution in [2.75, 3.05) is 13.1 Å². The molecule has 1 saturated heterocycles. The third-order valence-corrected chi connectivity index (χ3v) is 7.55. The van der Waals surface area contributed by atoms with Crippen LogP contribution in [-0.2, 0) is 0 Å². The molecule has 0 bridgehead atoms. The number of H-pyrrole nitrogens is 1. The molecule has 1 fully saturated rings. The molecule has 2 aliphatic rings. The van der Waals surface area contributed by atoms with E-state index in [2.05, 4.69) is 64.3 Å². The number of benzene rings is 2. The standard InChI is InChI=1S/C30H30N4O/c1-2-26(25-18-32-17-20-11-14-33-29(20)25)34-15-12-19(13-16-34)27-21-7-3-5-9-23(21)28(31)30(35)24-10-6-4-8-22(24)27/h2-11,14,17-18,28,30,33,35H,12-13,15-16,31H2,1H3/b26-2+. The molecule has 0 spiro atoms. The number of fused-ring (bicyclic) bond motifs is 3. The molecule has 4 aromatic rings. The van der Waals surface area contributed by atoms with Gasteiger partial charge < -0.3 is 20.7 Å². The first-order valence-electron chi connectivity index (χ1n) is 12.3. The molecule has 2 aromatic heterocycles. The SMILES string of the molecule is C/C=C(\c1cncc2cc[nH]c12)N1CCC(=C2c3ccccc3C(N)C(O)c3ccccc32)CC1. The lowest BCUT2D eigenvalue weighted by atomic mass is 9.86. The van der Waals surface area contributed by atoms with E-state index in [1.165, 1.54) is 16.8 Å². The molecule has 1 aliphatic carbocycles. The van der Waals surface area contributed by atoms with Gasteiger partial charge >= 0.3 is 0 Å². The minimum Gasteiger partial charge on any atom is -0.386 e. The summed E-state index contributed by atoms with van der Waals surface area (Å²) in [5, 5.41) is 12.3. The zero-order valence-corrected chi connectivity index (χ0v) is 19.9. The summed E-state index contributed by atoms with van der Waals surface area (Å²) in [4.78, 5) is 10.3. The maximum absolute atomic E-state index is 11.1. The van der Waals surface area contributed by atoms with Gasteiger partial charge in [0.25, 0.3) is 0 Å². The first kappa shape index (κ1) is 21.8. The highest BCUT2D eigenvalue weighted by atomic mass is 16.3. The van der Waals surface area contributed by atoms with Crippen LogP contribution in [0.25, 0.3) is 22.2 Å². The van der Waals surface area contributed by atoms with Crippen molar-refractivity contribution in [1.29, 1.82) is 0 Å². The van der Waals surface area contributed by atoms with Gasteiger partial charge in [0.05, 0.1) is 17.7 Å². The first-order chi connectivity index (χ1) is 17.2. The Bertz CT molecular complexity index is 1400. The second-order valence-corrected chi connectivity index (χ2v) is 9.41. The Balaban J connectivity index is 1.40. The number of aliphatic hydroxyl groups is 1. The predicted octanol–water partition coefficient (Wildman–Crippen LogP) is 5.57. The van der Waals surface area contributed by atoms with Crippen LogP contribution in [0.5, 0.6) is 0 Å². The van der Waals surface area contributed by atoms with Crippen LogP contribution in [0, 0.1) is 0 Å². The molecule has 2 unspecified atom stereocenters. The molecule has 6 rings (SSSR count). The van der Waals surface area contributed by atoms with E-state index >= 15 is 0 Å². The normalized spacial score (nSPS) is 20.5. The van der Waals surface area contributed by atoms with Gasteiger partial charge in [-0.3, -0.25) is 4.98 Å². The molecule has 2 atom stereocenters. The number of aliphatic hydroxyl groups excluding tert-OH is 1. The number of pyridine rings is 1. The van der Waals surface area contributed by atoms with Crippen LogP contribution in [-0.4, -0.2) is 33.1 Å². The number of aromatic amines is 1. The summed E-state index contributed by atoms with van der Waals surface area (Å²) in [6.07, 6.45) is 9.21. The van der Waals surface area contributed by atoms with Gasteiger partial charge in [-0.1, -0.05) is 60.2 Å². The second kappa shape index (κ2) is 8.84. The van der Waals surface area contributed by atoms with Crippen molar-refractivity contribution in [2.24, 2.45) is 5.73 Å². The molecule has 35 heavy (non-hydrogen) atoms. The van der Waals surface area contributed by atoms with Crippen molar-refractivity contribution < 1.29 is 5.11 Å². The quantitative estimate of drug-likeness (QED) is 0.364. The van der Waals surface area contributed by atoms with E-state index in [1.54, 1.807) is 0 Å². The van der Waals surface area contributed by atoms with Crippen LogP contribution in [0.2, 0.25) is 0 Å². The number of rotatable bonds is 2. The van der Waals surface area contributed by atoms with Crippen LogP contribution < -0.4 is 5.73 Å². The van der Waals surface area contributed by atoms with Gasteiger partial charge in [-0.05, 0) is 53.7 Å². The molecule has 1 aliphatic heterocycles. The summed E-state index contributed by atoms with van der Waals surface area (Å²) in [6.45, 7) is 3.95. The van der Waals surface area contributed by atoms with E-state index in [4.69, 9.17) is 5.73 Å². The number of nitrogens with one attached hydrogen (secondary N) is 1. The smallest absolute Gasteiger partial charge is 0.0988 e. The molecule has 0 saturated carbocycles. The Morgan fingerprint density at radius 2 is 1.69 bits per heavy atom. The van der Waals surface area contributed by atoms with Gasteiger partial charge in [-0.15, -0.1) is 0 Å². The van der Waals surface area contributed by atoms with E-state index in [-0.39, 0.29) is 0 Å². The zero-order chi connectivity index (χ0) is 23.9. The van der Waals surface area contributed by atoms with Gasteiger partial charge in [-0.2, -0.15) is 0 Å². The van der Waals surface area contributed by atoms with E-state index in [0.29, 0.717) is 0 Å². The molecule has 0 radical (unpaired) electrons. The van der Waals surface area contributed by atoms with Crippen LogP contribution in [0.3, 0.4) is 0 Å². The number of hydrogen-bond donors (Lipinski definition) is 3. The number of allylic oxidation sites excluding steroid dienone is 1. The van der Waals surface area contributed by atoms with E-state index in [0.717, 1.165) is 64.7 Å². The Kier molecular flexibility index (Phi) is 5.51. The van der Waals surface area contributed by atoms with Crippen LogP contribution >= 0.6 is 0 Å². The van der Waals surface area contributed by atoms with Crippen molar-refractivity contribution in [3.8, 4) is 0 Å². The van der Waals surface area contributed by atoms with Gasteiger partial charge in [0, 0.05) is 48.3 Å². The molecule has 5 nitrogen and oxygen atoms in total. The van der Waals surface area contributed by atoms with Crippen molar-refractivity contribution in [3.63, 3.8) is 0 Å². The topological polar surface area (TPSA) is 78.2 Å². The maximum Gasteiger partial charge on any atom is 0.0988 e. The number of hydrogen-bond acceptors (Lipinski definition) is 4. The molecule has 3 heterocycles. The second-order valence-electron chi connectivity index (χ2n) is 9.41. The molecule has 176 valence electrons. The number of aromatic nitrogens is 2. The lowest BCUT2D eigenvalue weighted by molar-refractivity contribution is 0.147. The fourth-order valence-corrected chi connectivity index (χ4v) is 5.84. The molecule has 0 amide bonds. The Morgan fingerprint density at radius 1 is 1.00 bits per heavy atom. The van der Waals surface area contributed by atoms with Crippen molar-refractivity contribution in [1.82, 2.24) is 14.9 Å². The van der Waals surface area contributed by atoms with E-state index in [1.807, 2.05) is 36.8 Å². The fourth-order valence-electron chi connectivity index (χ4n) is 5.84. The maximum atomic E-state index is 11.1. The van der Waals surface area contributed by atoms with Crippen LogP contribution in [0.15, 0.2) is 84.8 Å². The summed E-state index contributed by atoms with van der Waals surface area (Å²) >= 11 is 0. The van der Waals surface area contributed by atoms with E-state index in [9.17, 15) is 5.11 Å². The highest BCUT2D eigenvalue weighted by molar-refractivity contribution is 5.90. The number of nitrogens with zero attached hydrogens (tertiary/aromatic N) is 2. The minimum absolute atomic E-state index is 0.450. The summed E-state index contributed by atoms with van der Waals surface area (Å²) in [7, 11) is 0. The summed E-state index contributed by atoms with van der Waals surface area (Å²) in [6, 6.07) is 18.1. The fraction of sp³-hybridized carbons (Fsp3) is 0.233. The zero-order valence-electron chi connectivity index (χ0n) is 19.9. The average molecular weight is 463 g/mol. The lowest BCUT2D eigenvalue weighted by Crippen LogP contribution is -2.30. The molecule has 5 heteroatoms. The Morgan fingerprint density at radius 3 is 2.43 bits per heavy atom. The summed E-state index contributed by atoms with van der Waals surface area (Å²) < 4.78 is 0. The number of likely N-dealkylation sites (tertiary alicyclic amines) is 1. The largest absolute Gasteiger partial charge is 0.386 e. The highest BCUT2D eigenvalue weighted by Crippen LogP contribution is 2.44. The number of piperidine rings is 1. The van der Waals surface area contributed by atoms with Crippen molar-refractivity contribution >= 4 is 22.2 Å². The monoisotopic (exact) mass is 462 g/mol. The lowest BCUT2D eigenvalue weighted by Gasteiger charge is -2.34. The van der Waals surface area contributed by atoms with Gasteiger partial charge in [-0.25, -0.2) is 0 Å². The molecule has 4 N–H and O–H groups in total. The van der Waals surface area contributed by atoms with Crippen molar-refractivity contribution in [2.45, 2.75) is 31.9 Å². The summed E-state index contributed by atoms with van der Waals surface area (Å²) in [5.41, 5.74) is 16.9. The first-order valence-corrected chi connectivity index (χ1v) is 12.3. The van der Waals surface area contributed by atoms with Gasteiger partial charge in [0.15, 0.2) is 0 Å². The van der Waals surface area contributed by atoms with Gasteiger partial charge in [0.2, 0.25) is 0 Å². The van der Waals surface area contributed by atoms with Crippen molar-refractivity contribution in [3.05, 3.63) is 113 Å². The van der Waals surface area contributed by atoms with Crippen LogP contribution in [0.4, 0.5) is 0 Å². The summed E-state index contributed by atoms with van der Waals surface area (Å²) in [5.74, 6) is 0. The molecular weight excluding hydrogens is 432 g/mol. The highest BCUT2D eigenvalue weighted by Gasteiger charge is 2.32. The average Bonchev–Trinajstić information content (AvgIpc) is 3.37. The molecule has 2 aromatic carbocycles. The van der Waals surface area contributed by atoms with Gasteiger partial charge in [0.1, 0.15) is 0 Å². The van der Waals surface area contributed by atoms with E-state index < -0.39 is 12.1 Å². The van der Waals surface area contributed by atoms with Crippen LogP contribution in [0.1, 0.15) is 59.7 Å². The number of nitrogens with two attached hydrogens (primary N) is 1. The Labute approximate surface area is 205 Å².